The number of hydrogen-bond acceptors (Lipinski definition) is 12. The average molecular weight is 1890 g/mol. The Bertz CT molecular complexity index is 2850. The Morgan fingerprint density at radius 3 is 0.331 bits per heavy atom. The molecule has 0 bridgehead atoms. The molecule has 0 saturated carbocycles. The Balaban J connectivity index is 1.79. The number of hydrogen-bond donors (Lipinski definition) is 0. The number of rotatable bonds is 96. The zero-order valence-corrected chi connectivity index (χ0v) is 90.2. The molecule has 0 unspecified atom stereocenters. The van der Waals surface area contributed by atoms with Gasteiger partial charge in [0.25, 0.3) is 0 Å². The Hall–Kier alpha value is -6.04. The summed E-state index contributed by atoms with van der Waals surface area (Å²) in [6.07, 6.45) is 108. The van der Waals surface area contributed by atoms with E-state index in [2.05, 4.69) is 104 Å². The van der Waals surface area contributed by atoms with Gasteiger partial charge in [-0.1, -0.05) is 518 Å². The van der Waals surface area contributed by atoms with Crippen molar-refractivity contribution in [3.63, 3.8) is 0 Å². The SMILES string of the molecule is CCCCCCCCCCCCOc1cc2c(cc1OCCCCCCCCCCCC)N=Cc1cc(OCCCCCCCCCCCC)c(OCCCCCCCCCCCC)cc1N=Cc1cc(OCCCCCCCCCCCC)c(OCCCCCCCCCCCC)cc1N=Cc1cc(OCCCCCCCCCCCC)c(OCCCCCCCCCCCC)cc1N=C2. The van der Waals surface area contributed by atoms with Gasteiger partial charge in [0.2, 0.25) is 0 Å². The predicted octanol–water partition coefficient (Wildman–Crippen LogP) is 41.4. The molecule has 5 rings (SSSR count). The zero-order valence-electron chi connectivity index (χ0n) is 90.2. The van der Waals surface area contributed by atoms with Gasteiger partial charge in [0.05, 0.1) is 75.6 Å². The molecule has 1 aliphatic rings. The minimum absolute atomic E-state index is 0.583. The standard InChI is InChI=1S/C124H212N4O8/c1-9-17-25-33-41-49-57-65-73-81-89-129-117-97-109-105-125-114-102-122(134-94-86-78-70-62-54-46-38-30-22-14-6)119(131-91-83-75-67-59-51-43-35-27-19-11-3)99-111(114)107-127-116-104-124(136-96-88-80-72-64-56-48-40-32-24-16-8)120(132-92-84-76-68-60-52-44-36-28-20-12-4)100-112(116)108-128-115-103-123(135-95-87-79-71-63-55-47-39-31-23-15-7)118(130-90-82-74-66-58-50-42-34-26-18-10-2)98-110(115)106-126-113(109)101-121(117)133-93-85-77-69-61-53-45-37-29-21-13-5/h97-108H,9-96H2,1-8H3. The van der Waals surface area contributed by atoms with E-state index in [0.717, 1.165) is 125 Å². The quantitative estimate of drug-likeness (QED) is 0.0353. The number of fused-ring (bicyclic) bond motifs is 4. The molecule has 0 fully saturated rings. The molecule has 776 valence electrons. The second-order valence-electron chi connectivity index (χ2n) is 40.7. The molecule has 136 heavy (non-hydrogen) atoms. The molecule has 0 radical (unpaired) electrons. The van der Waals surface area contributed by atoms with E-state index in [1.54, 1.807) is 0 Å². The highest BCUT2D eigenvalue weighted by Gasteiger charge is 2.21. The third-order valence-electron chi connectivity index (χ3n) is 27.8. The van der Waals surface area contributed by atoms with Gasteiger partial charge < -0.3 is 37.9 Å². The first-order valence-corrected chi connectivity index (χ1v) is 59.3. The monoisotopic (exact) mass is 1890 g/mol. The molecule has 12 heteroatoms. The van der Waals surface area contributed by atoms with Gasteiger partial charge in [0.15, 0.2) is 46.0 Å². The molecule has 4 aromatic rings. The van der Waals surface area contributed by atoms with E-state index in [4.69, 9.17) is 57.9 Å². The van der Waals surface area contributed by atoms with Crippen LogP contribution in [0, 0.1) is 0 Å². The lowest BCUT2D eigenvalue weighted by atomic mass is 10.1. The van der Waals surface area contributed by atoms with Crippen LogP contribution >= 0.6 is 0 Å². The van der Waals surface area contributed by atoms with Crippen LogP contribution in [-0.4, -0.2) is 77.7 Å². The molecule has 4 aromatic carbocycles. The molecule has 0 saturated heterocycles. The minimum atomic E-state index is 0.583. The molecule has 1 aliphatic heterocycles. The van der Waals surface area contributed by atoms with Crippen LogP contribution in [0.15, 0.2) is 68.5 Å². The average Bonchev–Trinajstić information content (AvgIpc) is 0.796. The number of unbranched alkanes of at least 4 members (excludes halogenated alkanes) is 72. The van der Waals surface area contributed by atoms with Crippen molar-refractivity contribution in [2.45, 2.75) is 569 Å². The number of benzene rings is 4. The lowest BCUT2D eigenvalue weighted by Gasteiger charge is -2.17. The van der Waals surface area contributed by atoms with E-state index in [0.29, 0.717) is 122 Å². The van der Waals surface area contributed by atoms with Crippen LogP contribution in [0.5, 0.6) is 46.0 Å². The number of aliphatic imine (C=N–C) groups is 4. The summed E-state index contributed by atoms with van der Waals surface area (Å²) in [5.74, 6) is 5.64. The fraction of sp³-hybridized carbons (Fsp3) is 0.774. The van der Waals surface area contributed by atoms with E-state index in [1.165, 1.54) is 411 Å². The lowest BCUT2D eigenvalue weighted by molar-refractivity contribution is 0.258. The zero-order chi connectivity index (χ0) is 96.4. The maximum absolute atomic E-state index is 7.03. The summed E-state index contributed by atoms with van der Waals surface area (Å²) in [7, 11) is 0. The van der Waals surface area contributed by atoms with E-state index in [-0.39, 0.29) is 0 Å². The van der Waals surface area contributed by atoms with E-state index >= 15 is 0 Å². The third kappa shape index (κ3) is 62.3. The van der Waals surface area contributed by atoms with Gasteiger partial charge in [0, 0.05) is 71.4 Å². The maximum Gasteiger partial charge on any atom is 0.163 e. The van der Waals surface area contributed by atoms with Crippen molar-refractivity contribution < 1.29 is 37.9 Å². The molecule has 0 aromatic heterocycles. The summed E-state index contributed by atoms with van der Waals surface area (Å²) in [4.78, 5) is 22.6. The summed E-state index contributed by atoms with van der Waals surface area (Å²) in [6, 6.07) is 17.0. The summed E-state index contributed by atoms with van der Waals surface area (Å²) in [6.45, 7) is 23.1. The molecule has 0 atom stereocenters. The van der Waals surface area contributed by atoms with Crippen LogP contribution in [-0.2, 0) is 0 Å². The fourth-order valence-electron chi connectivity index (χ4n) is 18.8. The smallest absolute Gasteiger partial charge is 0.163 e. The van der Waals surface area contributed by atoms with Crippen LogP contribution < -0.4 is 37.9 Å². The highest BCUT2D eigenvalue weighted by Crippen LogP contribution is 2.43. The maximum atomic E-state index is 7.03. The van der Waals surface area contributed by atoms with Gasteiger partial charge >= 0.3 is 0 Å². The molecule has 0 spiro atoms. The predicted molar refractivity (Wildman–Crippen MR) is 593 cm³/mol. The summed E-state index contributed by atoms with van der Waals surface area (Å²) in [5.41, 5.74) is 5.99. The Morgan fingerprint density at radius 1 is 0.125 bits per heavy atom. The van der Waals surface area contributed by atoms with Gasteiger partial charge in [-0.05, 0) is 75.6 Å². The van der Waals surface area contributed by atoms with Crippen molar-refractivity contribution in [2.75, 3.05) is 52.9 Å². The first kappa shape index (κ1) is 120. The van der Waals surface area contributed by atoms with Crippen LogP contribution in [0.1, 0.15) is 591 Å². The van der Waals surface area contributed by atoms with Crippen molar-refractivity contribution in [1.29, 1.82) is 0 Å². The molecule has 0 amide bonds. The van der Waals surface area contributed by atoms with E-state index < -0.39 is 0 Å². The summed E-state index contributed by atoms with van der Waals surface area (Å²) < 4.78 is 56.2. The molecular weight excluding hydrogens is 1670 g/mol. The van der Waals surface area contributed by atoms with E-state index in [1.807, 2.05) is 24.9 Å². The molecule has 1 heterocycles. The van der Waals surface area contributed by atoms with Crippen LogP contribution in [0.25, 0.3) is 0 Å². The topological polar surface area (TPSA) is 123 Å². The van der Waals surface area contributed by atoms with Gasteiger partial charge in [-0.2, -0.15) is 0 Å². The van der Waals surface area contributed by atoms with Gasteiger partial charge in [-0.15, -0.1) is 0 Å². The highest BCUT2D eigenvalue weighted by atomic mass is 16.5. The van der Waals surface area contributed by atoms with Crippen LogP contribution in [0.2, 0.25) is 0 Å². The Labute approximate surface area is 839 Å². The van der Waals surface area contributed by atoms with Crippen molar-refractivity contribution in [1.82, 2.24) is 0 Å². The normalized spacial score (nSPS) is 11.9. The van der Waals surface area contributed by atoms with Crippen molar-refractivity contribution in [3.8, 4) is 46.0 Å². The molecule has 0 aliphatic carbocycles. The second-order valence-corrected chi connectivity index (χ2v) is 40.7. The third-order valence-corrected chi connectivity index (χ3v) is 27.8. The first-order chi connectivity index (χ1) is 67.4. The Kier molecular flexibility index (Phi) is 78.9. The molecular formula is C124H212N4O8. The number of ether oxygens (including phenoxy) is 8. The minimum Gasteiger partial charge on any atom is -0.490 e. The number of nitrogens with zero attached hydrogens (tertiary/aromatic N) is 4. The highest BCUT2D eigenvalue weighted by molar-refractivity contribution is 5.99. The second kappa shape index (κ2) is 89.1. The first-order valence-electron chi connectivity index (χ1n) is 59.3. The van der Waals surface area contributed by atoms with Crippen molar-refractivity contribution >= 4 is 47.6 Å². The van der Waals surface area contributed by atoms with Crippen LogP contribution in [0.3, 0.4) is 0 Å². The van der Waals surface area contributed by atoms with Gasteiger partial charge in [0.1, 0.15) is 0 Å². The van der Waals surface area contributed by atoms with Crippen molar-refractivity contribution in [3.05, 3.63) is 70.8 Å². The van der Waals surface area contributed by atoms with Crippen LogP contribution in [0.4, 0.5) is 22.7 Å². The fourth-order valence-corrected chi connectivity index (χ4v) is 18.8. The molecule has 0 N–H and O–H groups in total. The largest absolute Gasteiger partial charge is 0.490 e. The van der Waals surface area contributed by atoms with Gasteiger partial charge in [-0.3, -0.25) is 20.0 Å². The molecule has 12 nitrogen and oxygen atoms in total. The lowest BCUT2D eigenvalue weighted by Crippen LogP contribution is -2.05. The Morgan fingerprint density at radius 2 is 0.221 bits per heavy atom. The summed E-state index contributed by atoms with van der Waals surface area (Å²) in [5, 5.41) is 0. The van der Waals surface area contributed by atoms with E-state index in [9.17, 15) is 0 Å². The summed E-state index contributed by atoms with van der Waals surface area (Å²) >= 11 is 0. The van der Waals surface area contributed by atoms with Gasteiger partial charge in [-0.25, -0.2) is 0 Å². The van der Waals surface area contributed by atoms with Crippen molar-refractivity contribution in [2.24, 2.45) is 20.0 Å².